The van der Waals surface area contributed by atoms with Gasteiger partial charge in [-0.2, -0.15) is 0 Å². The van der Waals surface area contributed by atoms with E-state index < -0.39 is 8.80 Å². The van der Waals surface area contributed by atoms with Crippen molar-refractivity contribution in [3.05, 3.63) is 0 Å². The highest BCUT2D eigenvalue weighted by Crippen LogP contribution is 2.45. The molecule has 92 valence electrons. The van der Waals surface area contributed by atoms with Crippen molar-refractivity contribution in [1.29, 1.82) is 0 Å². The van der Waals surface area contributed by atoms with E-state index in [0.29, 0.717) is 5.92 Å². The zero-order valence-corrected chi connectivity index (χ0v) is 12.4. The molecule has 0 aromatic rings. The average molecular weight is 234 g/mol. The lowest BCUT2D eigenvalue weighted by Gasteiger charge is -2.43. The standard InChI is InChI=1S/C11H26O3Si/c1-9(2)11(5,6)15(12-7,13-8)14-10(3)4/h9-10H,1-8H3. The average Bonchev–Trinajstić information content (AvgIpc) is 2.13. The van der Waals surface area contributed by atoms with Crippen LogP contribution in [-0.4, -0.2) is 29.1 Å². The van der Waals surface area contributed by atoms with Crippen LogP contribution in [0, 0.1) is 5.92 Å². The summed E-state index contributed by atoms with van der Waals surface area (Å²) in [5, 5.41) is -0.0826. The van der Waals surface area contributed by atoms with Crippen molar-refractivity contribution in [2.75, 3.05) is 14.2 Å². The molecule has 0 saturated heterocycles. The fourth-order valence-corrected chi connectivity index (χ4v) is 4.56. The highest BCUT2D eigenvalue weighted by Gasteiger charge is 2.56. The first-order chi connectivity index (χ1) is 6.73. The predicted octanol–water partition coefficient (Wildman–Crippen LogP) is 3.08. The van der Waals surface area contributed by atoms with Crippen LogP contribution in [0.5, 0.6) is 0 Å². The number of hydrogen-bond acceptors (Lipinski definition) is 3. The van der Waals surface area contributed by atoms with Gasteiger partial charge in [0.05, 0.1) is 0 Å². The zero-order valence-electron chi connectivity index (χ0n) is 11.4. The lowest BCUT2D eigenvalue weighted by atomic mass is 9.99. The van der Waals surface area contributed by atoms with Gasteiger partial charge in [-0.25, -0.2) is 0 Å². The van der Waals surface area contributed by atoms with E-state index in [1.54, 1.807) is 14.2 Å². The first-order valence-electron chi connectivity index (χ1n) is 5.51. The molecular formula is C11H26O3Si. The van der Waals surface area contributed by atoms with Crippen LogP contribution in [-0.2, 0) is 13.3 Å². The van der Waals surface area contributed by atoms with Crippen LogP contribution in [0.1, 0.15) is 41.5 Å². The van der Waals surface area contributed by atoms with Gasteiger partial charge in [0, 0.05) is 25.4 Å². The van der Waals surface area contributed by atoms with Crippen molar-refractivity contribution < 1.29 is 13.3 Å². The molecule has 0 radical (unpaired) electrons. The maximum atomic E-state index is 5.96. The van der Waals surface area contributed by atoms with Gasteiger partial charge in [0.2, 0.25) is 0 Å². The van der Waals surface area contributed by atoms with Crippen molar-refractivity contribution in [1.82, 2.24) is 0 Å². The normalized spacial score (nSPS) is 14.0. The topological polar surface area (TPSA) is 27.7 Å². The summed E-state index contributed by atoms with van der Waals surface area (Å²) in [6, 6.07) is 0. The van der Waals surface area contributed by atoms with Crippen LogP contribution in [0.25, 0.3) is 0 Å². The first-order valence-corrected chi connectivity index (χ1v) is 7.24. The maximum Gasteiger partial charge on any atom is 0.506 e. The second kappa shape index (κ2) is 5.43. The lowest BCUT2D eigenvalue weighted by molar-refractivity contribution is 0.0398. The van der Waals surface area contributed by atoms with Gasteiger partial charge in [-0.3, -0.25) is 0 Å². The Morgan fingerprint density at radius 2 is 1.33 bits per heavy atom. The first kappa shape index (κ1) is 15.1. The van der Waals surface area contributed by atoms with Crippen LogP contribution in [0.2, 0.25) is 5.04 Å². The summed E-state index contributed by atoms with van der Waals surface area (Å²) in [7, 11) is 0.768. The third-order valence-electron chi connectivity index (χ3n) is 3.16. The minimum atomic E-state index is -2.60. The number of rotatable bonds is 6. The summed E-state index contributed by atoms with van der Waals surface area (Å²) in [5.41, 5.74) is 0. The summed E-state index contributed by atoms with van der Waals surface area (Å²) in [5.74, 6) is 0.447. The summed E-state index contributed by atoms with van der Waals surface area (Å²) in [6.45, 7) is 12.7. The molecule has 0 fully saturated rings. The molecule has 0 aromatic carbocycles. The van der Waals surface area contributed by atoms with E-state index in [9.17, 15) is 0 Å². The molecule has 0 amide bonds. The molecular weight excluding hydrogens is 208 g/mol. The van der Waals surface area contributed by atoms with E-state index in [0.717, 1.165) is 0 Å². The number of hydrogen-bond donors (Lipinski definition) is 0. The molecule has 3 nitrogen and oxygen atoms in total. The molecule has 0 N–H and O–H groups in total. The van der Waals surface area contributed by atoms with Crippen LogP contribution in [0.4, 0.5) is 0 Å². The Kier molecular flexibility index (Phi) is 5.47. The smallest absolute Gasteiger partial charge is 0.376 e. The van der Waals surface area contributed by atoms with Crippen molar-refractivity contribution in [2.24, 2.45) is 5.92 Å². The van der Waals surface area contributed by atoms with Gasteiger partial charge in [0.1, 0.15) is 0 Å². The van der Waals surface area contributed by atoms with Gasteiger partial charge in [0.25, 0.3) is 0 Å². The fourth-order valence-electron chi connectivity index (χ4n) is 1.52. The summed E-state index contributed by atoms with van der Waals surface area (Å²) >= 11 is 0. The SMILES string of the molecule is CO[Si](OC)(OC(C)C)C(C)(C)C(C)C. The van der Waals surface area contributed by atoms with Crippen LogP contribution < -0.4 is 0 Å². The summed E-state index contributed by atoms with van der Waals surface area (Å²) in [4.78, 5) is 0. The molecule has 0 bridgehead atoms. The van der Waals surface area contributed by atoms with E-state index in [1.807, 2.05) is 13.8 Å². The molecule has 0 unspecified atom stereocenters. The molecule has 4 heteroatoms. The molecule has 0 aliphatic heterocycles. The molecule has 0 spiro atoms. The highest BCUT2D eigenvalue weighted by molar-refractivity contribution is 6.64. The van der Waals surface area contributed by atoms with E-state index in [-0.39, 0.29) is 11.1 Å². The molecule has 0 saturated carbocycles. The molecule has 0 heterocycles. The summed E-state index contributed by atoms with van der Waals surface area (Å²) < 4.78 is 17.2. The Morgan fingerprint density at radius 1 is 0.933 bits per heavy atom. The molecule has 0 atom stereocenters. The van der Waals surface area contributed by atoms with E-state index >= 15 is 0 Å². The van der Waals surface area contributed by atoms with Gasteiger partial charge in [-0.15, -0.1) is 0 Å². The Bertz CT molecular complexity index is 186. The van der Waals surface area contributed by atoms with Gasteiger partial charge in [-0.1, -0.05) is 27.7 Å². The van der Waals surface area contributed by atoms with Gasteiger partial charge in [-0.05, 0) is 19.8 Å². The largest absolute Gasteiger partial charge is 0.506 e. The lowest BCUT2D eigenvalue weighted by Crippen LogP contribution is -2.56. The van der Waals surface area contributed by atoms with Crippen molar-refractivity contribution in [2.45, 2.75) is 52.7 Å². The molecule has 15 heavy (non-hydrogen) atoms. The molecule has 0 aliphatic rings. The quantitative estimate of drug-likeness (QED) is 0.661. The van der Waals surface area contributed by atoms with Gasteiger partial charge < -0.3 is 13.3 Å². The third-order valence-corrected chi connectivity index (χ3v) is 7.17. The Labute approximate surface area is 95.5 Å². The zero-order chi connectivity index (χ0) is 12.3. The Hall–Kier alpha value is 0.0969. The van der Waals surface area contributed by atoms with Crippen LogP contribution in [0.3, 0.4) is 0 Å². The molecule has 0 rings (SSSR count). The predicted molar refractivity (Wildman–Crippen MR) is 64.9 cm³/mol. The molecule has 0 aromatic heterocycles. The Balaban J connectivity index is 5.07. The van der Waals surface area contributed by atoms with Gasteiger partial charge in [0.15, 0.2) is 0 Å². The van der Waals surface area contributed by atoms with Crippen molar-refractivity contribution in [3.63, 3.8) is 0 Å². The Morgan fingerprint density at radius 3 is 1.53 bits per heavy atom. The third kappa shape index (κ3) is 3.03. The second-order valence-corrected chi connectivity index (χ2v) is 8.46. The minimum Gasteiger partial charge on any atom is -0.376 e. The van der Waals surface area contributed by atoms with Crippen LogP contribution >= 0.6 is 0 Å². The van der Waals surface area contributed by atoms with E-state index in [2.05, 4.69) is 27.7 Å². The van der Waals surface area contributed by atoms with Crippen molar-refractivity contribution in [3.8, 4) is 0 Å². The fraction of sp³-hybridized carbons (Fsp3) is 1.00. The van der Waals surface area contributed by atoms with Gasteiger partial charge >= 0.3 is 8.80 Å². The van der Waals surface area contributed by atoms with E-state index in [1.165, 1.54) is 0 Å². The van der Waals surface area contributed by atoms with Crippen molar-refractivity contribution >= 4 is 8.80 Å². The summed E-state index contributed by atoms with van der Waals surface area (Å²) in [6.07, 6.45) is 0.120. The second-order valence-electron chi connectivity index (χ2n) is 5.01. The molecule has 0 aliphatic carbocycles. The van der Waals surface area contributed by atoms with Crippen LogP contribution in [0.15, 0.2) is 0 Å². The minimum absolute atomic E-state index is 0.0826. The monoisotopic (exact) mass is 234 g/mol. The van der Waals surface area contributed by atoms with E-state index in [4.69, 9.17) is 13.3 Å². The maximum absolute atomic E-state index is 5.96. The highest BCUT2D eigenvalue weighted by atomic mass is 28.4.